The van der Waals surface area contributed by atoms with Gasteiger partial charge in [0.1, 0.15) is 0 Å². The van der Waals surface area contributed by atoms with Crippen LogP contribution in [0, 0.1) is 0 Å². The second-order valence-electron chi connectivity index (χ2n) is 5.11. The molecule has 1 saturated heterocycles. The molecule has 1 aromatic heterocycles. The molecular formula is C14H23N3O3S. The summed E-state index contributed by atoms with van der Waals surface area (Å²) >= 11 is 1.20. The molecule has 0 spiro atoms. The Balaban J connectivity index is 1.97. The number of likely N-dealkylation sites (N-methyl/N-ethyl adjacent to an activating group) is 1. The number of hydrogen-bond acceptors (Lipinski definition) is 6. The van der Waals surface area contributed by atoms with E-state index >= 15 is 0 Å². The van der Waals surface area contributed by atoms with Gasteiger partial charge < -0.3 is 14.6 Å². The Bertz CT molecular complexity index is 518. The van der Waals surface area contributed by atoms with Crippen LogP contribution in [0.15, 0.2) is 4.79 Å². The van der Waals surface area contributed by atoms with E-state index in [1.54, 1.807) is 6.92 Å². The Morgan fingerprint density at radius 3 is 2.52 bits per heavy atom. The average Bonchev–Trinajstić information content (AvgIpc) is 2.79. The molecule has 1 aliphatic rings. The number of carbonyl (C=O) groups excluding carboxylic acids is 1. The summed E-state index contributed by atoms with van der Waals surface area (Å²) in [4.78, 5) is 31.5. The minimum atomic E-state index is -0.288. The van der Waals surface area contributed by atoms with E-state index in [0.717, 1.165) is 44.1 Å². The molecule has 0 aromatic carbocycles. The number of aromatic nitrogens is 1. The van der Waals surface area contributed by atoms with E-state index in [2.05, 4.69) is 21.7 Å². The van der Waals surface area contributed by atoms with Crippen molar-refractivity contribution in [3.63, 3.8) is 0 Å². The summed E-state index contributed by atoms with van der Waals surface area (Å²) in [6.45, 7) is 10.2. The van der Waals surface area contributed by atoms with Crippen LogP contribution in [-0.4, -0.2) is 60.1 Å². The fourth-order valence-electron chi connectivity index (χ4n) is 2.49. The minimum Gasteiger partial charge on any atom is -0.466 e. The van der Waals surface area contributed by atoms with Crippen LogP contribution in [0.1, 0.15) is 24.4 Å². The molecule has 2 heterocycles. The molecule has 0 amide bonds. The van der Waals surface area contributed by atoms with Gasteiger partial charge in [-0.1, -0.05) is 18.3 Å². The van der Waals surface area contributed by atoms with E-state index in [1.165, 1.54) is 11.3 Å². The van der Waals surface area contributed by atoms with Crippen LogP contribution in [0.4, 0.5) is 0 Å². The summed E-state index contributed by atoms with van der Waals surface area (Å²) in [6.07, 6.45) is 0.150. The lowest BCUT2D eigenvalue weighted by Gasteiger charge is -2.33. The van der Waals surface area contributed by atoms with E-state index < -0.39 is 0 Å². The maximum atomic E-state index is 11.6. The zero-order chi connectivity index (χ0) is 15.2. The normalized spacial score (nSPS) is 17.0. The van der Waals surface area contributed by atoms with Gasteiger partial charge in [0.25, 0.3) is 0 Å². The van der Waals surface area contributed by atoms with Crippen molar-refractivity contribution >= 4 is 17.3 Å². The Kier molecular flexibility index (Phi) is 5.96. The maximum Gasteiger partial charge on any atom is 0.311 e. The van der Waals surface area contributed by atoms with Gasteiger partial charge in [0, 0.05) is 43.3 Å². The smallest absolute Gasteiger partial charge is 0.311 e. The molecule has 21 heavy (non-hydrogen) atoms. The van der Waals surface area contributed by atoms with Crippen molar-refractivity contribution in [2.45, 2.75) is 26.8 Å². The van der Waals surface area contributed by atoms with Crippen LogP contribution in [0.5, 0.6) is 0 Å². The standard InChI is InChI=1S/C14H23N3O3S/c1-3-16-5-7-17(8-6-16)10-12-11(15-14(19)21-12)9-13(18)20-4-2/h3-10H2,1-2H3,(H,15,19). The number of nitrogens with zero attached hydrogens (tertiary/aromatic N) is 2. The van der Waals surface area contributed by atoms with Crippen molar-refractivity contribution in [1.29, 1.82) is 0 Å². The van der Waals surface area contributed by atoms with Gasteiger partial charge in [-0.05, 0) is 13.5 Å². The third-order valence-electron chi connectivity index (χ3n) is 3.71. The van der Waals surface area contributed by atoms with Crippen molar-refractivity contribution in [3.8, 4) is 0 Å². The van der Waals surface area contributed by atoms with Gasteiger partial charge >= 0.3 is 10.8 Å². The molecule has 1 fully saturated rings. The second-order valence-corrected chi connectivity index (χ2v) is 6.18. The molecule has 0 saturated carbocycles. The predicted octanol–water partition coefficient (Wildman–Crippen LogP) is 0.679. The van der Waals surface area contributed by atoms with Gasteiger partial charge in [-0.25, -0.2) is 0 Å². The van der Waals surface area contributed by atoms with Crippen LogP contribution in [0.3, 0.4) is 0 Å². The Morgan fingerprint density at radius 2 is 1.90 bits per heavy atom. The van der Waals surface area contributed by atoms with E-state index in [1.807, 2.05) is 0 Å². The van der Waals surface area contributed by atoms with E-state index in [0.29, 0.717) is 12.3 Å². The molecule has 0 unspecified atom stereocenters. The molecule has 2 rings (SSSR count). The lowest BCUT2D eigenvalue weighted by molar-refractivity contribution is -0.142. The van der Waals surface area contributed by atoms with Crippen LogP contribution < -0.4 is 4.87 Å². The molecule has 0 radical (unpaired) electrons. The Morgan fingerprint density at radius 1 is 1.24 bits per heavy atom. The fraction of sp³-hybridized carbons (Fsp3) is 0.714. The molecule has 6 nitrogen and oxygen atoms in total. The molecular weight excluding hydrogens is 290 g/mol. The topological polar surface area (TPSA) is 65.6 Å². The van der Waals surface area contributed by atoms with Crippen LogP contribution >= 0.6 is 11.3 Å². The van der Waals surface area contributed by atoms with Crippen molar-refractivity contribution in [1.82, 2.24) is 14.8 Å². The Labute approximate surface area is 128 Å². The summed E-state index contributed by atoms with van der Waals surface area (Å²) in [5.41, 5.74) is 0.710. The van der Waals surface area contributed by atoms with Gasteiger partial charge in [0.05, 0.1) is 13.0 Å². The van der Waals surface area contributed by atoms with E-state index in [9.17, 15) is 9.59 Å². The van der Waals surface area contributed by atoms with Crippen molar-refractivity contribution < 1.29 is 9.53 Å². The number of aromatic amines is 1. The number of hydrogen-bond donors (Lipinski definition) is 1. The highest BCUT2D eigenvalue weighted by molar-refractivity contribution is 7.09. The summed E-state index contributed by atoms with van der Waals surface area (Å²) in [7, 11) is 0. The van der Waals surface area contributed by atoms with Gasteiger partial charge in [0.15, 0.2) is 0 Å². The molecule has 118 valence electrons. The lowest BCUT2D eigenvalue weighted by Crippen LogP contribution is -2.45. The quantitative estimate of drug-likeness (QED) is 0.782. The van der Waals surface area contributed by atoms with Gasteiger partial charge in [-0.3, -0.25) is 14.5 Å². The number of thiazole rings is 1. The van der Waals surface area contributed by atoms with E-state index in [4.69, 9.17) is 4.74 Å². The van der Waals surface area contributed by atoms with Crippen LogP contribution in [-0.2, 0) is 22.5 Å². The van der Waals surface area contributed by atoms with E-state index in [-0.39, 0.29) is 17.3 Å². The highest BCUT2D eigenvalue weighted by Gasteiger charge is 2.19. The number of esters is 1. The van der Waals surface area contributed by atoms with Crippen LogP contribution in [0.25, 0.3) is 0 Å². The van der Waals surface area contributed by atoms with Crippen molar-refractivity contribution in [3.05, 3.63) is 20.2 Å². The number of piperazine rings is 1. The molecule has 7 heteroatoms. The highest BCUT2D eigenvalue weighted by Crippen LogP contribution is 2.15. The first-order valence-electron chi connectivity index (χ1n) is 7.43. The number of ether oxygens (including phenoxy) is 1. The summed E-state index contributed by atoms with van der Waals surface area (Å²) < 4.78 is 4.95. The van der Waals surface area contributed by atoms with Gasteiger partial charge in [-0.15, -0.1) is 0 Å². The molecule has 1 aromatic rings. The first kappa shape index (κ1) is 16.2. The predicted molar refractivity (Wildman–Crippen MR) is 82.7 cm³/mol. The monoisotopic (exact) mass is 313 g/mol. The van der Waals surface area contributed by atoms with Gasteiger partial charge in [0.2, 0.25) is 0 Å². The minimum absolute atomic E-state index is 0.100. The number of rotatable bonds is 6. The third kappa shape index (κ3) is 4.66. The van der Waals surface area contributed by atoms with Crippen LogP contribution in [0.2, 0.25) is 0 Å². The van der Waals surface area contributed by atoms with Gasteiger partial charge in [-0.2, -0.15) is 0 Å². The lowest BCUT2D eigenvalue weighted by atomic mass is 10.2. The second kappa shape index (κ2) is 7.72. The van der Waals surface area contributed by atoms with Crippen molar-refractivity contribution in [2.24, 2.45) is 0 Å². The number of H-pyrrole nitrogens is 1. The zero-order valence-corrected chi connectivity index (χ0v) is 13.5. The number of carbonyl (C=O) groups is 1. The summed E-state index contributed by atoms with van der Waals surface area (Å²) in [6, 6.07) is 0. The first-order valence-corrected chi connectivity index (χ1v) is 8.25. The molecule has 1 N–H and O–H groups in total. The molecule has 0 aliphatic carbocycles. The fourth-order valence-corrected chi connectivity index (χ4v) is 3.38. The average molecular weight is 313 g/mol. The largest absolute Gasteiger partial charge is 0.466 e. The Hall–Kier alpha value is -1.18. The zero-order valence-electron chi connectivity index (χ0n) is 12.7. The SMILES string of the molecule is CCOC(=O)Cc1[nH]c(=O)sc1CN1CCN(CC)CC1. The first-order chi connectivity index (χ1) is 10.1. The molecule has 1 aliphatic heterocycles. The van der Waals surface area contributed by atoms with Crippen molar-refractivity contribution in [2.75, 3.05) is 39.3 Å². The molecule has 0 atom stereocenters. The summed E-state index contributed by atoms with van der Waals surface area (Å²) in [5, 5.41) is 0. The highest BCUT2D eigenvalue weighted by atomic mass is 32.1. The number of nitrogens with one attached hydrogen (secondary N) is 1. The maximum absolute atomic E-state index is 11.6. The summed E-state index contributed by atoms with van der Waals surface area (Å²) in [5.74, 6) is -0.288. The third-order valence-corrected chi connectivity index (χ3v) is 4.62. The molecule has 0 bridgehead atoms.